The molecule has 5 nitrogen and oxygen atoms in total. The predicted molar refractivity (Wildman–Crippen MR) is 103 cm³/mol. The Hall–Kier alpha value is -2.11. The molecule has 2 N–H and O–H groups in total. The van der Waals surface area contributed by atoms with Crippen molar-refractivity contribution in [2.45, 2.75) is 19.4 Å². The fourth-order valence-electron chi connectivity index (χ4n) is 3.07. The smallest absolute Gasteiger partial charge is 0.222 e. The van der Waals surface area contributed by atoms with Crippen LogP contribution in [0.25, 0.3) is 0 Å². The number of anilines is 1. The Morgan fingerprint density at radius 1 is 1.08 bits per heavy atom. The van der Waals surface area contributed by atoms with Crippen molar-refractivity contribution in [3.05, 3.63) is 59.9 Å². The molecule has 6 heteroatoms. The van der Waals surface area contributed by atoms with Crippen LogP contribution in [0, 0.1) is 0 Å². The second-order valence-corrected chi connectivity index (χ2v) is 6.22. The summed E-state index contributed by atoms with van der Waals surface area (Å²) in [5.74, 6) is 0.222. The van der Waals surface area contributed by atoms with Crippen molar-refractivity contribution in [2.75, 3.05) is 31.9 Å². The van der Waals surface area contributed by atoms with E-state index in [1.807, 2.05) is 41.4 Å². The largest absolute Gasteiger partial charge is 0.399 e. The molecule has 0 bridgehead atoms. The number of aromatic nitrogens is 1. The highest BCUT2D eigenvalue weighted by atomic mass is 35.5. The number of aryl methyl sites for hydroxylation is 1. The lowest BCUT2D eigenvalue weighted by molar-refractivity contribution is -0.132. The summed E-state index contributed by atoms with van der Waals surface area (Å²) < 4.78 is 0. The SMILES string of the molecule is Cl.Nc1ccccc1CCC(=O)N1CCN(Cc2cccnc2)CC1. The topological polar surface area (TPSA) is 62.5 Å². The highest BCUT2D eigenvalue weighted by Gasteiger charge is 2.21. The predicted octanol–water partition coefficient (Wildman–Crippen LogP) is 2.36. The number of carbonyl (C=O) groups excluding carboxylic acids is 1. The van der Waals surface area contributed by atoms with Crippen molar-refractivity contribution in [2.24, 2.45) is 0 Å². The summed E-state index contributed by atoms with van der Waals surface area (Å²) in [4.78, 5) is 20.9. The molecule has 0 radical (unpaired) electrons. The van der Waals surface area contributed by atoms with E-state index in [0.29, 0.717) is 12.8 Å². The van der Waals surface area contributed by atoms with Gasteiger partial charge in [0.2, 0.25) is 5.91 Å². The molecule has 1 aromatic carbocycles. The lowest BCUT2D eigenvalue weighted by atomic mass is 10.1. The molecule has 2 aromatic rings. The van der Waals surface area contributed by atoms with Crippen LogP contribution >= 0.6 is 12.4 Å². The zero-order valence-corrected chi connectivity index (χ0v) is 15.1. The maximum absolute atomic E-state index is 12.4. The Kier molecular flexibility index (Phi) is 7.22. The number of pyridine rings is 1. The van der Waals surface area contributed by atoms with Crippen LogP contribution in [-0.4, -0.2) is 46.9 Å². The first-order valence-electron chi connectivity index (χ1n) is 8.45. The van der Waals surface area contributed by atoms with Gasteiger partial charge in [-0.3, -0.25) is 14.7 Å². The number of nitrogen functional groups attached to an aromatic ring is 1. The molecule has 3 rings (SSSR count). The molecule has 1 amide bonds. The van der Waals surface area contributed by atoms with Crippen molar-refractivity contribution in [3.63, 3.8) is 0 Å². The lowest BCUT2D eigenvalue weighted by Gasteiger charge is -2.34. The van der Waals surface area contributed by atoms with Crippen molar-refractivity contribution in [3.8, 4) is 0 Å². The molecular formula is C19H25ClN4O. The van der Waals surface area contributed by atoms with Crippen molar-refractivity contribution in [1.29, 1.82) is 0 Å². The van der Waals surface area contributed by atoms with Crippen LogP contribution in [0.1, 0.15) is 17.5 Å². The van der Waals surface area contributed by atoms with Gasteiger partial charge in [-0.05, 0) is 29.7 Å². The normalized spacial score (nSPS) is 14.8. The average Bonchev–Trinajstić information content (AvgIpc) is 2.62. The van der Waals surface area contributed by atoms with E-state index in [-0.39, 0.29) is 18.3 Å². The van der Waals surface area contributed by atoms with E-state index in [1.165, 1.54) is 5.56 Å². The molecule has 0 atom stereocenters. The first-order chi connectivity index (χ1) is 11.7. The number of nitrogens with two attached hydrogens (primary N) is 1. The van der Waals surface area contributed by atoms with Crippen LogP contribution in [0.15, 0.2) is 48.8 Å². The van der Waals surface area contributed by atoms with E-state index in [0.717, 1.165) is 44.0 Å². The monoisotopic (exact) mass is 360 g/mol. The van der Waals surface area contributed by atoms with E-state index in [9.17, 15) is 4.79 Å². The average molecular weight is 361 g/mol. The maximum atomic E-state index is 12.4. The summed E-state index contributed by atoms with van der Waals surface area (Å²) in [6.07, 6.45) is 4.93. The molecule has 1 aliphatic heterocycles. The second kappa shape index (κ2) is 9.39. The van der Waals surface area contributed by atoms with E-state index < -0.39 is 0 Å². The number of benzene rings is 1. The maximum Gasteiger partial charge on any atom is 0.222 e. The Labute approximate surface area is 155 Å². The van der Waals surface area contributed by atoms with E-state index in [2.05, 4.69) is 16.0 Å². The fourth-order valence-corrected chi connectivity index (χ4v) is 3.07. The van der Waals surface area contributed by atoms with Crippen LogP contribution in [0.4, 0.5) is 5.69 Å². The Balaban J connectivity index is 0.00000225. The minimum atomic E-state index is 0. The molecule has 0 spiro atoms. The molecule has 134 valence electrons. The minimum absolute atomic E-state index is 0. The third-order valence-electron chi connectivity index (χ3n) is 4.52. The summed E-state index contributed by atoms with van der Waals surface area (Å²) in [5.41, 5.74) is 8.99. The molecule has 1 fully saturated rings. The standard InChI is InChI=1S/C19H24N4O.ClH/c20-18-6-2-1-5-17(18)7-8-19(24)23-12-10-22(11-13-23)15-16-4-3-9-21-14-16;/h1-6,9,14H,7-8,10-13,15,20H2;1H. The Bertz CT molecular complexity index is 672. The number of hydrogen-bond donors (Lipinski definition) is 1. The van der Waals surface area contributed by atoms with Crippen LogP contribution in [0.5, 0.6) is 0 Å². The van der Waals surface area contributed by atoms with E-state index >= 15 is 0 Å². The first-order valence-corrected chi connectivity index (χ1v) is 8.45. The summed E-state index contributed by atoms with van der Waals surface area (Å²) in [6, 6.07) is 11.8. The molecule has 25 heavy (non-hydrogen) atoms. The van der Waals surface area contributed by atoms with Crippen molar-refractivity contribution < 1.29 is 4.79 Å². The number of nitrogens with zero attached hydrogens (tertiary/aromatic N) is 3. The van der Waals surface area contributed by atoms with Crippen LogP contribution in [0.2, 0.25) is 0 Å². The fraction of sp³-hybridized carbons (Fsp3) is 0.368. The number of halogens is 1. The molecular weight excluding hydrogens is 336 g/mol. The molecule has 1 aliphatic rings. The number of piperazine rings is 1. The van der Waals surface area contributed by atoms with Gasteiger partial charge in [0.1, 0.15) is 0 Å². The summed E-state index contributed by atoms with van der Waals surface area (Å²) in [5, 5.41) is 0. The number of para-hydroxylation sites is 1. The van der Waals surface area contributed by atoms with Crippen molar-refractivity contribution in [1.82, 2.24) is 14.8 Å². The zero-order valence-electron chi connectivity index (χ0n) is 14.3. The number of carbonyl (C=O) groups is 1. The molecule has 0 aliphatic carbocycles. The zero-order chi connectivity index (χ0) is 16.8. The Morgan fingerprint density at radius 3 is 2.52 bits per heavy atom. The number of amides is 1. The van der Waals surface area contributed by atoms with Gasteiger partial charge >= 0.3 is 0 Å². The minimum Gasteiger partial charge on any atom is -0.399 e. The number of rotatable bonds is 5. The third kappa shape index (κ3) is 5.44. The molecule has 0 unspecified atom stereocenters. The summed E-state index contributed by atoms with van der Waals surface area (Å²) in [6.45, 7) is 4.31. The van der Waals surface area contributed by atoms with Crippen LogP contribution in [0.3, 0.4) is 0 Å². The van der Waals surface area contributed by atoms with Crippen molar-refractivity contribution >= 4 is 24.0 Å². The lowest BCUT2D eigenvalue weighted by Crippen LogP contribution is -2.48. The highest BCUT2D eigenvalue weighted by Crippen LogP contribution is 2.14. The van der Waals surface area contributed by atoms with E-state index in [4.69, 9.17) is 5.73 Å². The van der Waals surface area contributed by atoms with E-state index in [1.54, 1.807) is 6.20 Å². The first kappa shape index (κ1) is 19.2. The summed E-state index contributed by atoms with van der Waals surface area (Å²) >= 11 is 0. The van der Waals surface area contributed by atoms with Gasteiger partial charge in [0, 0.05) is 57.2 Å². The second-order valence-electron chi connectivity index (χ2n) is 6.22. The van der Waals surface area contributed by atoms with Gasteiger partial charge in [-0.1, -0.05) is 24.3 Å². The Morgan fingerprint density at radius 2 is 1.84 bits per heavy atom. The third-order valence-corrected chi connectivity index (χ3v) is 4.52. The highest BCUT2D eigenvalue weighted by molar-refractivity contribution is 5.85. The molecule has 2 heterocycles. The molecule has 0 saturated carbocycles. The summed E-state index contributed by atoms with van der Waals surface area (Å²) in [7, 11) is 0. The van der Waals surface area contributed by atoms with Gasteiger partial charge < -0.3 is 10.6 Å². The molecule has 1 saturated heterocycles. The molecule has 1 aromatic heterocycles. The van der Waals surface area contributed by atoms with Gasteiger partial charge in [0.05, 0.1) is 0 Å². The van der Waals surface area contributed by atoms with Crippen LogP contribution < -0.4 is 5.73 Å². The van der Waals surface area contributed by atoms with Gasteiger partial charge in [0.15, 0.2) is 0 Å². The van der Waals surface area contributed by atoms with Gasteiger partial charge in [0.25, 0.3) is 0 Å². The number of hydrogen-bond acceptors (Lipinski definition) is 4. The van der Waals surface area contributed by atoms with Gasteiger partial charge in [-0.2, -0.15) is 0 Å². The van der Waals surface area contributed by atoms with Gasteiger partial charge in [-0.15, -0.1) is 12.4 Å². The quantitative estimate of drug-likeness (QED) is 0.831. The van der Waals surface area contributed by atoms with Gasteiger partial charge in [-0.25, -0.2) is 0 Å². The van der Waals surface area contributed by atoms with Crippen LogP contribution in [-0.2, 0) is 17.8 Å².